The van der Waals surface area contributed by atoms with Crippen molar-refractivity contribution in [3.05, 3.63) is 5.21 Å². The van der Waals surface area contributed by atoms with Gasteiger partial charge in [0, 0.05) is 24.7 Å². The lowest BCUT2D eigenvalue weighted by molar-refractivity contribution is -1.07. The second kappa shape index (κ2) is 6.98. The second-order valence-electron chi connectivity index (χ2n) is 6.98. The average Bonchev–Trinajstić information content (AvgIpc) is 2.43. The van der Waals surface area contributed by atoms with Crippen LogP contribution in [0.3, 0.4) is 0 Å². The molecule has 2 rings (SSSR count). The predicted octanol–water partition coefficient (Wildman–Crippen LogP) is -0.553. The fourth-order valence-electron chi connectivity index (χ4n) is 3.69. The molecule has 1 heterocycles. The summed E-state index contributed by atoms with van der Waals surface area (Å²) in [5.74, 6) is 1.97. The minimum atomic E-state index is -0.694. The van der Waals surface area contributed by atoms with E-state index in [1.165, 1.54) is 11.3 Å². The van der Waals surface area contributed by atoms with Crippen LogP contribution in [-0.2, 0) is 4.79 Å². The number of Topliss-reactive ketones (excluding diaryl/α,β-unsaturated/α-hetero) is 1. The van der Waals surface area contributed by atoms with Crippen molar-refractivity contribution in [1.82, 2.24) is 0 Å². The third-order valence-electron chi connectivity index (χ3n) is 5.49. The van der Waals surface area contributed by atoms with Crippen molar-refractivity contribution in [3.63, 3.8) is 0 Å². The Hall–Kier alpha value is -0.490. The fourth-order valence-corrected chi connectivity index (χ4v) is 3.69. The van der Waals surface area contributed by atoms with Gasteiger partial charge in [0.05, 0.1) is 13.1 Å². The first-order chi connectivity index (χ1) is 9.47. The number of hydrogen-bond acceptors (Lipinski definition) is 3. The van der Waals surface area contributed by atoms with Crippen LogP contribution in [0, 0.1) is 23.0 Å². The van der Waals surface area contributed by atoms with Crippen LogP contribution >= 0.6 is 0 Å². The molecule has 0 amide bonds. The van der Waals surface area contributed by atoms with Gasteiger partial charge in [0.2, 0.25) is 0 Å². The fraction of sp³-hybridized carbons (Fsp3) is 0.933. The maximum absolute atomic E-state index is 12.4. The van der Waals surface area contributed by atoms with Gasteiger partial charge in [-0.05, 0) is 25.2 Å². The van der Waals surface area contributed by atoms with Gasteiger partial charge in [-0.1, -0.05) is 13.8 Å². The molecule has 2 fully saturated rings. The Kier molecular flexibility index (Phi) is 5.55. The number of ketones is 1. The topological polar surface area (TPSA) is 69.2 Å². The van der Waals surface area contributed by atoms with E-state index in [2.05, 4.69) is 13.8 Å². The molecule has 116 valence electrons. The van der Waals surface area contributed by atoms with Gasteiger partial charge in [-0.3, -0.25) is 4.79 Å². The summed E-state index contributed by atoms with van der Waals surface area (Å²) in [7, 11) is 0. The van der Waals surface area contributed by atoms with Gasteiger partial charge in [0.25, 0.3) is 0 Å². The van der Waals surface area contributed by atoms with Gasteiger partial charge in [0.1, 0.15) is 12.6 Å². The number of quaternary nitrogens is 2. The highest BCUT2D eigenvalue weighted by Gasteiger charge is 2.33. The largest absolute Gasteiger partial charge is 0.600 e. The Labute approximate surface area is 121 Å². The van der Waals surface area contributed by atoms with Gasteiger partial charge >= 0.3 is 0 Å². The van der Waals surface area contributed by atoms with Crippen LogP contribution in [0.2, 0.25) is 0 Å². The molecule has 2 aliphatic rings. The van der Waals surface area contributed by atoms with E-state index < -0.39 is 5.23 Å². The number of piperidine rings is 1. The first-order valence-corrected chi connectivity index (χ1v) is 8.06. The third kappa shape index (κ3) is 4.01. The van der Waals surface area contributed by atoms with E-state index >= 15 is 0 Å². The quantitative estimate of drug-likeness (QED) is 0.607. The lowest BCUT2D eigenvalue weighted by Gasteiger charge is -2.34. The average molecular weight is 285 g/mol. The van der Waals surface area contributed by atoms with Crippen LogP contribution in [0.1, 0.15) is 46.0 Å². The number of carbonyl (C=O) groups is 1. The Bertz CT molecular complexity index is 327. The zero-order chi connectivity index (χ0) is 14.7. The third-order valence-corrected chi connectivity index (χ3v) is 5.49. The van der Waals surface area contributed by atoms with Crippen molar-refractivity contribution in [2.75, 3.05) is 19.6 Å². The molecule has 0 radical (unpaired) electrons. The molecule has 5 nitrogen and oxygen atoms in total. The van der Waals surface area contributed by atoms with E-state index in [4.69, 9.17) is 5.21 Å². The summed E-state index contributed by atoms with van der Waals surface area (Å²) in [6, 6.07) is -0.220. The Morgan fingerprint density at radius 1 is 1.20 bits per heavy atom. The molecule has 4 unspecified atom stereocenters. The van der Waals surface area contributed by atoms with E-state index in [9.17, 15) is 10.0 Å². The number of hydrogen-bond donors (Lipinski definition) is 3. The minimum Gasteiger partial charge on any atom is -0.600 e. The summed E-state index contributed by atoms with van der Waals surface area (Å²) < 4.78 is 0. The first-order valence-electron chi connectivity index (χ1n) is 8.06. The standard InChI is InChI=1S/C15H28N2O3/c1-11-7-8-16(9-12(11)2)10-15(18)13-3-5-14(6-4-13)17(19)20/h11-14,17,19H,3-10H2,1-2H3/p+1. The molecule has 0 aromatic rings. The highest BCUT2D eigenvalue weighted by molar-refractivity contribution is 5.81. The smallest absolute Gasteiger partial charge is 0.189 e. The molecule has 0 spiro atoms. The molecular formula is C15H29N2O3+. The predicted molar refractivity (Wildman–Crippen MR) is 75.4 cm³/mol. The van der Waals surface area contributed by atoms with E-state index in [1.54, 1.807) is 0 Å². The minimum absolute atomic E-state index is 0.118. The van der Waals surface area contributed by atoms with Gasteiger partial charge in [0.15, 0.2) is 5.78 Å². The highest BCUT2D eigenvalue weighted by Crippen LogP contribution is 2.23. The number of nitrogens with one attached hydrogen (secondary N) is 2. The summed E-state index contributed by atoms with van der Waals surface area (Å²) in [6.45, 7) is 7.46. The molecular weight excluding hydrogens is 256 g/mol. The van der Waals surface area contributed by atoms with Gasteiger partial charge in [-0.25, -0.2) is 10.4 Å². The van der Waals surface area contributed by atoms with Crippen LogP contribution in [0.5, 0.6) is 0 Å². The molecule has 3 N–H and O–H groups in total. The number of likely N-dealkylation sites (tertiary alicyclic amines) is 1. The van der Waals surface area contributed by atoms with Crippen LogP contribution in [0.25, 0.3) is 0 Å². The Balaban J connectivity index is 1.76. The van der Waals surface area contributed by atoms with Crippen molar-refractivity contribution in [2.45, 2.75) is 52.0 Å². The summed E-state index contributed by atoms with van der Waals surface area (Å²) in [4.78, 5) is 13.8. The molecule has 5 heteroatoms. The van der Waals surface area contributed by atoms with E-state index in [1.807, 2.05) is 0 Å². The highest BCUT2D eigenvalue weighted by atomic mass is 16.8. The molecule has 1 saturated heterocycles. The SMILES string of the molecule is CC1CC[NH+](CC(=O)C2CCC([NH+]([O-])O)CC2)CC1C. The van der Waals surface area contributed by atoms with E-state index in [-0.39, 0.29) is 12.0 Å². The molecule has 0 bridgehead atoms. The zero-order valence-electron chi connectivity index (χ0n) is 12.7. The van der Waals surface area contributed by atoms with Gasteiger partial charge in [-0.15, -0.1) is 0 Å². The molecule has 1 saturated carbocycles. The van der Waals surface area contributed by atoms with Crippen molar-refractivity contribution in [2.24, 2.45) is 17.8 Å². The first kappa shape index (κ1) is 15.9. The normalized spacial score (nSPS) is 40.3. The van der Waals surface area contributed by atoms with E-state index in [0.29, 0.717) is 31.1 Å². The van der Waals surface area contributed by atoms with Crippen LogP contribution in [-0.4, -0.2) is 36.7 Å². The Morgan fingerprint density at radius 2 is 1.85 bits per heavy atom. The van der Waals surface area contributed by atoms with Crippen molar-refractivity contribution >= 4 is 5.78 Å². The Morgan fingerprint density at radius 3 is 2.40 bits per heavy atom. The second-order valence-corrected chi connectivity index (χ2v) is 6.98. The maximum Gasteiger partial charge on any atom is 0.189 e. The zero-order valence-corrected chi connectivity index (χ0v) is 12.7. The molecule has 0 aromatic heterocycles. The summed E-state index contributed by atoms with van der Waals surface area (Å²) >= 11 is 0. The van der Waals surface area contributed by atoms with Crippen molar-refractivity contribution in [1.29, 1.82) is 0 Å². The molecule has 1 aliphatic carbocycles. The van der Waals surface area contributed by atoms with Gasteiger partial charge < -0.3 is 10.1 Å². The van der Waals surface area contributed by atoms with E-state index in [0.717, 1.165) is 31.8 Å². The van der Waals surface area contributed by atoms with Crippen molar-refractivity contribution < 1.29 is 20.1 Å². The molecule has 1 aliphatic heterocycles. The van der Waals surface area contributed by atoms with Crippen LogP contribution < -0.4 is 10.1 Å². The lowest BCUT2D eigenvalue weighted by Crippen LogP contribution is -3.14. The van der Waals surface area contributed by atoms with Crippen molar-refractivity contribution in [3.8, 4) is 0 Å². The maximum atomic E-state index is 12.4. The summed E-state index contributed by atoms with van der Waals surface area (Å²) in [6.07, 6.45) is 4.11. The monoisotopic (exact) mass is 285 g/mol. The molecule has 4 atom stereocenters. The number of rotatable bonds is 4. The summed E-state index contributed by atoms with van der Waals surface area (Å²) in [5.41, 5.74) is 0. The molecule has 0 aromatic carbocycles. The molecule has 20 heavy (non-hydrogen) atoms. The summed E-state index contributed by atoms with van der Waals surface area (Å²) in [5, 5.41) is 19.2. The number of carbonyl (C=O) groups excluding carboxylic acids is 1. The lowest BCUT2D eigenvalue weighted by atomic mass is 9.83. The van der Waals surface area contributed by atoms with Gasteiger partial charge in [-0.2, -0.15) is 0 Å². The van der Waals surface area contributed by atoms with Crippen LogP contribution in [0.15, 0.2) is 0 Å². The number of hydroxylamine groups is 2. The van der Waals surface area contributed by atoms with Crippen LogP contribution in [0.4, 0.5) is 0 Å².